The van der Waals surface area contributed by atoms with Crippen molar-refractivity contribution in [1.82, 2.24) is 4.98 Å². The number of hydrogen-bond acceptors (Lipinski definition) is 6. The molecule has 0 bridgehead atoms. The van der Waals surface area contributed by atoms with Gasteiger partial charge >= 0.3 is 5.97 Å². The van der Waals surface area contributed by atoms with Crippen LogP contribution in [0.25, 0.3) is 10.4 Å². The van der Waals surface area contributed by atoms with Gasteiger partial charge in [-0.3, -0.25) is 4.79 Å². The van der Waals surface area contributed by atoms with Gasteiger partial charge in [-0.25, -0.2) is 4.98 Å². The molecule has 2 rings (SSSR count). The third kappa shape index (κ3) is 3.71. The van der Waals surface area contributed by atoms with E-state index in [1.807, 2.05) is 31.2 Å². The lowest BCUT2D eigenvalue weighted by Crippen LogP contribution is -2.14. The number of methoxy groups -OCH3 is 1. The summed E-state index contributed by atoms with van der Waals surface area (Å²) in [6, 6.07) is 7.84. The van der Waals surface area contributed by atoms with E-state index in [0.717, 1.165) is 16.2 Å². The van der Waals surface area contributed by atoms with Gasteiger partial charge in [-0.2, -0.15) is 0 Å². The average molecular weight is 292 g/mol. The molecule has 0 unspecified atom stereocenters. The third-order valence-electron chi connectivity index (χ3n) is 2.57. The number of ether oxygens (including phenoxy) is 2. The first-order valence-electron chi connectivity index (χ1n) is 6.22. The van der Waals surface area contributed by atoms with Crippen LogP contribution >= 0.6 is 11.3 Å². The maximum atomic E-state index is 11.0. The largest absolute Gasteiger partial charge is 0.494 e. The van der Waals surface area contributed by atoms with Crippen molar-refractivity contribution in [2.24, 2.45) is 0 Å². The molecule has 5 nitrogen and oxygen atoms in total. The molecule has 0 spiro atoms. The maximum absolute atomic E-state index is 11.0. The average Bonchev–Trinajstić information content (AvgIpc) is 2.95. The molecule has 1 aromatic carbocycles. The Balaban J connectivity index is 2.02. The number of nitrogens with one attached hydrogen (secondary N) is 1. The molecule has 2 aromatic rings. The van der Waals surface area contributed by atoms with Crippen LogP contribution in [-0.2, 0) is 9.53 Å². The van der Waals surface area contributed by atoms with Crippen LogP contribution in [0.15, 0.2) is 30.5 Å². The number of nitrogens with zero attached hydrogens (tertiary/aromatic N) is 1. The quantitative estimate of drug-likeness (QED) is 0.830. The predicted molar refractivity (Wildman–Crippen MR) is 79.2 cm³/mol. The first kappa shape index (κ1) is 14.3. The molecule has 0 amide bonds. The molecule has 0 radical (unpaired) electrons. The van der Waals surface area contributed by atoms with Crippen molar-refractivity contribution in [2.75, 3.05) is 25.6 Å². The Hall–Kier alpha value is -2.08. The number of carbonyl (C=O) groups is 1. The molecular formula is C14H16N2O3S. The van der Waals surface area contributed by atoms with E-state index in [9.17, 15) is 4.79 Å². The van der Waals surface area contributed by atoms with Crippen molar-refractivity contribution < 1.29 is 14.3 Å². The molecule has 0 aliphatic carbocycles. The van der Waals surface area contributed by atoms with Crippen LogP contribution in [-0.4, -0.2) is 31.2 Å². The van der Waals surface area contributed by atoms with Crippen LogP contribution in [0.1, 0.15) is 6.92 Å². The van der Waals surface area contributed by atoms with Gasteiger partial charge < -0.3 is 14.8 Å². The van der Waals surface area contributed by atoms with Crippen molar-refractivity contribution >= 4 is 22.4 Å². The lowest BCUT2D eigenvalue weighted by atomic mass is 10.2. The van der Waals surface area contributed by atoms with Crippen LogP contribution in [0, 0.1) is 0 Å². The predicted octanol–water partition coefficient (Wildman–Crippen LogP) is 2.79. The van der Waals surface area contributed by atoms with Gasteiger partial charge in [0.25, 0.3) is 0 Å². The highest BCUT2D eigenvalue weighted by molar-refractivity contribution is 7.18. The van der Waals surface area contributed by atoms with Gasteiger partial charge in [-0.05, 0) is 36.8 Å². The van der Waals surface area contributed by atoms with E-state index >= 15 is 0 Å². The minimum Gasteiger partial charge on any atom is -0.494 e. The Morgan fingerprint density at radius 1 is 1.35 bits per heavy atom. The Bertz CT molecular complexity index is 566. The van der Waals surface area contributed by atoms with Crippen molar-refractivity contribution in [3.05, 3.63) is 30.5 Å². The van der Waals surface area contributed by atoms with Gasteiger partial charge in [0.2, 0.25) is 0 Å². The zero-order valence-electron chi connectivity index (χ0n) is 11.4. The number of hydrogen-bond donors (Lipinski definition) is 1. The number of thiazole rings is 1. The molecule has 6 heteroatoms. The van der Waals surface area contributed by atoms with E-state index in [-0.39, 0.29) is 12.5 Å². The highest BCUT2D eigenvalue weighted by Gasteiger charge is 2.06. The summed E-state index contributed by atoms with van der Waals surface area (Å²) >= 11 is 1.49. The SMILES string of the molecule is CCOc1ccc(-c2cnc(NCC(=O)OC)s2)cc1. The van der Waals surface area contributed by atoms with Crippen molar-refractivity contribution in [3.8, 4) is 16.2 Å². The number of anilines is 1. The molecule has 0 atom stereocenters. The van der Waals surface area contributed by atoms with Crippen LogP contribution in [0.4, 0.5) is 5.13 Å². The summed E-state index contributed by atoms with van der Waals surface area (Å²) < 4.78 is 9.96. The monoisotopic (exact) mass is 292 g/mol. The molecule has 1 heterocycles. The molecule has 0 saturated heterocycles. The number of rotatable bonds is 6. The molecule has 1 N–H and O–H groups in total. The number of aromatic nitrogens is 1. The van der Waals surface area contributed by atoms with Gasteiger partial charge in [-0.15, -0.1) is 0 Å². The Kier molecular flexibility index (Phi) is 4.95. The summed E-state index contributed by atoms with van der Waals surface area (Å²) in [5, 5.41) is 3.62. The van der Waals surface area contributed by atoms with E-state index < -0.39 is 0 Å². The standard InChI is InChI=1S/C14H16N2O3S/c1-3-19-11-6-4-10(5-7-11)12-8-15-14(20-12)16-9-13(17)18-2/h4-8H,3,9H2,1-2H3,(H,15,16). The molecule has 0 saturated carbocycles. The lowest BCUT2D eigenvalue weighted by molar-refractivity contribution is -0.138. The summed E-state index contributed by atoms with van der Waals surface area (Å²) in [5.41, 5.74) is 1.07. The fourth-order valence-corrected chi connectivity index (χ4v) is 2.41. The fourth-order valence-electron chi connectivity index (χ4n) is 1.59. The molecule has 0 fully saturated rings. The maximum Gasteiger partial charge on any atom is 0.325 e. The summed E-state index contributed by atoms with van der Waals surface area (Å²) in [6.07, 6.45) is 1.78. The van der Waals surface area contributed by atoms with E-state index in [1.54, 1.807) is 6.20 Å². The highest BCUT2D eigenvalue weighted by Crippen LogP contribution is 2.29. The molecule has 1 aromatic heterocycles. The van der Waals surface area contributed by atoms with Crippen molar-refractivity contribution in [3.63, 3.8) is 0 Å². The van der Waals surface area contributed by atoms with E-state index in [4.69, 9.17) is 4.74 Å². The summed E-state index contributed by atoms with van der Waals surface area (Å²) in [5.74, 6) is 0.535. The highest BCUT2D eigenvalue weighted by atomic mass is 32.1. The summed E-state index contributed by atoms with van der Waals surface area (Å²) in [7, 11) is 1.36. The number of esters is 1. The number of benzene rings is 1. The zero-order valence-corrected chi connectivity index (χ0v) is 12.2. The molecule has 0 aliphatic rings. The second-order valence-corrected chi connectivity index (χ2v) is 4.95. The normalized spacial score (nSPS) is 10.1. The first-order chi connectivity index (χ1) is 9.72. The zero-order chi connectivity index (χ0) is 14.4. The fraction of sp³-hybridized carbons (Fsp3) is 0.286. The van der Waals surface area contributed by atoms with Gasteiger partial charge in [0.15, 0.2) is 5.13 Å². The van der Waals surface area contributed by atoms with Gasteiger partial charge in [-0.1, -0.05) is 11.3 Å². The first-order valence-corrected chi connectivity index (χ1v) is 7.04. The summed E-state index contributed by atoms with van der Waals surface area (Å²) in [6.45, 7) is 2.73. The van der Waals surface area contributed by atoms with Crippen molar-refractivity contribution in [2.45, 2.75) is 6.92 Å². The molecular weight excluding hydrogens is 276 g/mol. The molecule has 106 valence electrons. The Morgan fingerprint density at radius 2 is 2.10 bits per heavy atom. The number of carbonyl (C=O) groups excluding carboxylic acids is 1. The van der Waals surface area contributed by atoms with E-state index in [0.29, 0.717) is 11.7 Å². The molecule has 20 heavy (non-hydrogen) atoms. The minimum atomic E-state index is -0.317. The van der Waals surface area contributed by atoms with Crippen LogP contribution < -0.4 is 10.1 Å². The van der Waals surface area contributed by atoms with Crippen LogP contribution in [0.5, 0.6) is 5.75 Å². The third-order valence-corrected chi connectivity index (χ3v) is 3.57. The van der Waals surface area contributed by atoms with E-state index in [2.05, 4.69) is 15.0 Å². The second kappa shape index (κ2) is 6.91. The van der Waals surface area contributed by atoms with Crippen LogP contribution in [0.2, 0.25) is 0 Å². The summed E-state index contributed by atoms with van der Waals surface area (Å²) in [4.78, 5) is 16.3. The smallest absolute Gasteiger partial charge is 0.325 e. The van der Waals surface area contributed by atoms with Gasteiger partial charge in [0.1, 0.15) is 12.3 Å². The van der Waals surface area contributed by atoms with Crippen LogP contribution in [0.3, 0.4) is 0 Å². The minimum absolute atomic E-state index is 0.118. The topological polar surface area (TPSA) is 60.5 Å². The van der Waals surface area contributed by atoms with Gasteiger partial charge in [0, 0.05) is 6.20 Å². The molecule has 0 aliphatic heterocycles. The van der Waals surface area contributed by atoms with Crippen molar-refractivity contribution in [1.29, 1.82) is 0 Å². The van der Waals surface area contributed by atoms with Gasteiger partial charge in [0.05, 0.1) is 18.6 Å². The second-order valence-electron chi connectivity index (χ2n) is 3.92. The lowest BCUT2D eigenvalue weighted by Gasteiger charge is -2.03. The Labute approximate surface area is 121 Å². The van der Waals surface area contributed by atoms with E-state index in [1.165, 1.54) is 18.4 Å². The Morgan fingerprint density at radius 3 is 2.75 bits per heavy atom.